The van der Waals surface area contributed by atoms with E-state index < -0.39 is 0 Å². The Morgan fingerprint density at radius 1 is 1.53 bits per heavy atom. The summed E-state index contributed by atoms with van der Waals surface area (Å²) in [5.41, 5.74) is 1.07. The Bertz CT molecular complexity index is 286. The standard InChI is InChI=1S/C10H13ClN2O.ClH/c11-10-2-1-8(5-13-10)7-14-9-3-4-12-6-9;/h1-2,5,9,12H,3-4,6-7H2;1H/t9-;/m0./s1. The Morgan fingerprint density at radius 3 is 3.00 bits per heavy atom. The first-order chi connectivity index (χ1) is 6.84. The van der Waals surface area contributed by atoms with Gasteiger partial charge in [0, 0.05) is 12.7 Å². The zero-order valence-corrected chi connectivity index (χ0v) is 9.85. The summed E-state index contributed by atoms with van der Waals surface area (Å²) in [5, 5.41) is 3.78. The van der Waals surface area contributed by atoms with Crippen LogP contribution < -0.4 is 5.32 Å². The third-order valence-corrected chi connectivity index (χ3v) is 2.51. The molecular formula is C10H14Cl2N2O. The summed E-state index contributed by atoms with van der Waals surface area (Å²) in [6.45, 7) is 2.64. The molecule has 1 N–H and O–H groups in total. The van der Waals surface area contributed by atoms with Gasteiger partial charge in [0.1, 0.15) is 5.15 Å². The van der Waals surface area contributed by atoms with Gasteiger partial charge in [0.15, 0.2) is 0 Å². The molecule has 1 aliphatic rings. The average molecular weight is 249 g/mol. The Hall–Kier alpha value is -0.350. The van der Waals surface area contributed by atoms with Crippen LogP contribution in [0.2, 0.25) is 5.15 Å². The van der Waals surface area contributed by atoms with E-state index in [0.717, 1.165) is 25.1 Å². The van der Waals surface area contributed by atoms with E-state index in [9.17, 15) is 0 Å². The number of nitrogens with one attached hydrogen (secondary N) is 1. The molecule has 1 aromatic heterocycles. The number of hydrogen-bond donors (Lipinski definition) is 1. The van der Waals surface area contributed by atoms with Crippen molar-refractivity contribution in [3.8, 4) is 0 Å². The van der Waals surface area contributed by atoms with Crippen molar-refractivity contribution in [2.24, 2.45) is 0 Å². The molecule has 2 heterocycles. The average Bonchev–Trinajstić information content (AvgIpc) is 2.70. The molecule has 3 nitrogen and oxygen atoms in total. The lowest BCUT2D eigenvalue weighted by atomic mass is 10.3. The summed E-state index contributed by atoms with van der Waals surface area (Å²) < 4.78 is 5.68. The van der Waals surface area contributed by atoms with Crippen LogP contribution in [0.4, 0.5) is 0 Å². The van der Waals surface area contributed by atoms with Crippen LogP contribution in [0.3, 0.4) is 0 Å². The summed E-state index contributed by atoms with van der Waals surface area (Å²) in [7, 11) is 0. The van der Waals surface area contributed by atoms with Crippen LogP contribution in [0.5, 0.6) is 0 Å². The van der Waals surface area contributed by atoms with Crippen molar-refractivity contribution >= 4 is 24.0 Å². The molecule has 0 radical (unpaired) electrons. The molecule has 15 heavy (non-hydrogen) atoms. The first-order valence-electron chi connectivity index (χ1n) is 4.77. The fraction of sp³-hybridized carbons (Fsp3) is 0.500. The monoisotopic (exact) mass is 248 g/mol. The predicted octanol–water partition coefficient (Wildman–Crippen LogP) is 2.04. The number of ether oxygens (including phenoxy) is 1. The van der Waals surface area contributed by atoms with Gasteiger partial charge >= 0.3 is 0 Å². The van der Waals surface area contributed by atoms with Gasteiger partial charge in [-0.25, -0.2) is 4.98 Å². The van der Waals surface area contributed by atoms with Gasteiger partial charge in [-0.05, 0) is 24.6 Å². The Kier molecular flexibility index (Phi) is 5.32. The highest BCUT2D eigenvalue weighted by molar-refractivity contribution is 6.29. The number of pyridine rings is 1. The fourth-order valence-electron chi connectivity index (χ4n) is 1.48. The minimum Gasteiger partial charge on any atom is -0.372 e. The first kappa shape index (κ1) is 12.7. The number of rotatable bonds is 3. The second-order valence-corrected chi connectivity index (χ2v) is 3.80. The Labute approximate surface area is 101 Å². The molecule has 1 atom stereocenters. The lowest BCUT2D eigenvalue weighted by molar-refractivity contribution is 0.0541. The van der Waals surface area contributed by atoms with Gasteiger partial charge in [0.25, 0.3) is 0 Å². The Morgan fingerprint density at radius 2 is 2.40 bits per heavy atom. The van der Waals surface area contributed by atoms with E-state index in [2.05, 4.69) is 10.3 Å². The maximum absolute atomic E-state index is 5.68. The largest absolute Gasteiger partial charge is 0.372 e. The lowest BCUT2D eigenvalue weighted by Gasteiger charge is -2.09. The minimum absolute atomic E-state index is 0. The number of hydrogen-bond acceptors (Lipinski definition) is 3. The number of aromatic nitrogens is 1. The third kappa shape index (κ3) is 3.95. The Balaban J connectivity index is 0.00000112. The van der Waals surface area contributed by atoms with E-state index in [0.29, 0.717) is 17.9 Å². The molecule has 1 fully saturated rings. The van der Waals surface area contributed by atoms with Gasteiger partial charge in [-0.15, -0.1) is 12.4 Å². The molecule has 1 saturated heterocycles. The van der Waals surface area contributed by atoms with Crippen LogP contribution in [-0.2, 0) is 11.3 Å². The van der Waals surface area contributed by atoms with E-state index in [1.807, 2.05) is 6.07 Å². The number of halogens is 2. The van der Waals surface area contributed by atoms with Gasteiger partial charge in [0.05, 0.1) is 12.7 Å². The van der Waals surface area contributed by atoms with Crippen molar-refractivity contribution in [3.63, 3.8) is 0 Å². The SMILES string of the molecule is Cl.Clc1ccc(CO[C@H]2CCNC2)cn1. The van der Waals surface area contributed by atoms with Crippen molar-refractivity contribution in [2.75, 3.05) is 13.1 Å². The van der Waals surface area contributed by atoms with Gasteiger partial charge in [-0.1, -0.05) is 17.7 Å². The van der Waals surface area contributed by atoms with Gasteiger partial charge in [-0.2, -0.15) is 0 Å². The van der Waals surface area contributed by atoms with Crippen LogP contribution in [0.25, 0.3) is 0 Å². The number of nitrogens with zero attached hydrogens (tertiary/aromatic N) is 1. The van der Waals surface area contributed by atoms with Crippen molar-refractivity contribution in [2.45, 2.75) is 19.1 Å². The maximum Gasteiger partial charge on any atom is 0.129 e. The lowest BCUT2D eigenvalue weighted by Crippen LogP contribution is -2.16. The second kappa shape index (κ2) is 6.28. The van der Waals surface area contributed by atoms with Crippen molar-refractivity contribution in [1.82, 2.24) is 10.3 Å². The predicted molar refractivity (Wildman–Crippen MR) is 62.6 cm³/mol. The molecule has 0 aliphatic carbocycles. The van der Waals surface area contributed by atoms with E-state index in [1.165, 1.54) is 0 Å². The molecule has 0 unspecified atom stereocenters. The zero-order chi connectivity index (χ0) is 9.80. The fourth-order valence-corrected chi connectivity index (χ4v) is 1.59. The topological polar surface area (TPSA) is 34.1 Å². The van der Waals surface area contributed by atoms with E-state index in [-0.39, 0.29) is 12.4 Å². The summed E-state index contributed by atoms with van der Waals surface area (Å²) in [5.74, 6) is 0. The van der Waals surface area contributed by atoms with E-state index in [1.54, 1.807) is 12.3 Å². The van der Waals surface area contributed by atoms with Gasteiger partial charge < -0.3 is 10.1 Å². The van der Waals surface area contributed by atoms with E-state index >= 15 is 0 Å². The van der Waals surface area contributed by atoms with Crippen molar-refractivity contribution < 1.29 is 4.74 Å². The highest BCUT2D eigenvalue weighted by Gasteiger charge is 2.14. The molecular weight excluding hydrogens is 235 g/mol. The minimum atomic E-state index is 0. The maximum atomic E-state index is 5.68. The van der Waals surface area contributed by atoms with Crippen LogP contribution in [0.15, 0.2) is 18.3 Å². The third-order valence-electron chi connectivity index (χ3n) is 2.29. The molecule has 2 rings (SSSR count). The highest BCUT2D eigenvalue weighted by atomic mass is 35.5. The van der Waals surface area contributed by atoms with Crippen LogP contribution in [0.1, 0.15) is 12.0 Å². The van der Waals surface area contributed by atoms with E-state index in [4.69, 9.17) is 16.3 Å². The molecule has 0 aromatic carbocycles. The smallest absolute Gasteiger partial charge is 0.129 e. The molecule has 1 aliphatic heterocycles. The quantitative estimate of drug-likeness (QED) is 0.832. The van der Waals surface area contributed by atoms with Crippen LogP contribution >= 0.6 is 24.0 Å². The highest BCUT2D eigenvalue weighted by Crippen LogP contribution is 2.09. The van der Waals surface area contributed by atoms with Gasteiger partial charge in [0.2, 0.25) is 0 Å². The summed E-state index contributed by atoms with van der Waals surface area (Å²) >= 11 is 5.68. The van der Waals surface area contributed by atoms with Crippen LogP contribution in [0, 0.1) is 0 Å². The second-order valence-electron chi connectivity index (χ2n) is 3.41. The molecule has 0 bridgehead atoms. The molecule has 0 spiro atoms. The first-order valence-corrected chi connectivity index (χ1v) is 5.15. The van der Waals surface area contributed by atoms with Crippen molar-refractivity contribution in [3.05, 3.63) is 29.0 Å². The molecule has 1 aromatic rings. The molecule has 5 heteroatoms. The zero-order valence-electron chi connectivity index (χ0n) is 8.28. The summed E-state index contributed by atoms with van der Waals surface area (Å²) in [6, 6.07) is 3.73. The summed E-state index contributed by atoms with van der Waals surface area (Å²) in [4.78, 5) is 3.99. The molecule has 0 amide bonds. The normalized spacial score (nSPS) is 19.9. The molecule has 0 saturated carbocycles. The summed E-state index contributed by atoms with van der Waals surface area (Å²) in [6.07, 6.45) is 3.21. The van der Waals surface area contributed by atoms with Crippen LogP contribution in [-0.4, -0.2) is 24.2 Å². The van der Waals surface area contributed by atoms with Gasteiger partial charge in [-0.3, -0.25) is 0 Å². The van der Waals surface area contributed by atoms with Crippen molar-refractivity contribution in [1.29, 1.82) is 0 Å². The molecule has 84 valence electrons.